The van der Waals surface area contributed by atoms with Crippen molar-refractivity contribution in [3.05, 3.63) is 17.9 Å². The third-order valence-corrected chi connectivity index (χ3v) is 3.54. The van der Waals surface area contributed by atoms with Gasteiger partial charge in [-0.25, -0.2) is 4.39 Å². The molecule has 1 heterocycles. The molecule has 3 N–H and O–H groups in total. The minimum atomic E-state index is -0.346. The molecule has 0 radical (unpaired) electrons. The van der Waals surface area contributed by atoms with E-state index in [1.54, 1.807) is 6.07 Å². The molecule has 1 fully saturated rings. The highest BCUT2D eigenvalue weighted by Gasteiger charge is 2.22. The van der Waals surface area contributed by atoms with E-state index in [-0.39, 0.29) is 17.8 Å². The predicted molar refractivity (Wildman–Crippen MR) is 76.4 cm³/mol. The molecular weight excluding hydrogens is 261 g/mol. The second kappa shape index (κ2) is 5.98. The van der Waals surface area contributed by atoms with E-state index in [0.29, 0.717) is 30.2 Å². The van der Waals surface area contributed by atoms with E-state index in [0.717, 1.165) is 12.8 Å². The van der Waals surface area contributed by atoms with Crippen LogP contribution in [0.15, 0.2) is 12.1 Å². The number of hydrogen-bond acceptors (Lipinski definition) is 4. The number of piperidine rings is 1. The first-order valence-electron chi connectivity index (χ1n) is 6.66. The van der Waals surface area contributed by atoms with E-state index in [9.17, 15) is 9.18 Å². The fourth-order valence-corrected chi connectivity index (χ4v) is 2.53. The third-order valence-electron chi connectivity index (χ3n) is 3.54. The van der Waals surface area contributed by atoms with Gasteiger partial charge in [-0.15, -0.1) is 0 Å². The maximum Gasteiger partial charge on any atom is 0.217 e. The molecule has 1 aromatic carbocycles. The number of nitrogens with one attached hydrogen (secondary N) is 1. The maximum atomic E-state index is 14.0. The molecule has 0 aromatic heterocycles. The second-order valence-corrected chi connectivity index (χ2v) is 5.01. The summed E-state index contributed by atoms with van der Waals surface area (Å²) in [7, 11) is 1.51. The van der Waals surface area contributed by atoms with Gasteiger partial charge in [0.25, 0.3) is 0 Å². The summed E-state index contributed by atoms with van der Waals surface area (Å²) in [5.41, 5.74) is 6.47. The van der Waals surface area contributed by atoms with Crippen LogP contribution in [0.2, 0.25) is 0 Å². The topological polar surface area (TPSA) is 67.6 Å². The SMILES string of the molecule is COc1cc(N2CCC(NC(C)=O)CC2)c(F)cc1N. The van der Waals surface area contributed by atoms with Crippen molar-refractivity contribution in [1.82, 2.24) is 5.32 Å². The highest BCUT2D eigenvalue weighted by atomic mass is 19.1. The normalized spacial score (nSPS) is 16.1. The molecule has 0 unspecified atom stereocenters. The van der Waals surface area contributed by atoms with E-state index >= 15 is 0 Å². The van der Waals surface area contributed by atoms with Gasteiger partial charge in [-0.2, -0.15) is 0 Å². The molecule has 6 heteroatoms. The molecule has 1 saturated heterocycles. The Morgan fingerprint density at radius 1 is 1.45 bits per heavy atom. The number of anilines is 2. The van der Waals surface area contributed by atoms with Gasteiger partial charge in [0.1, 0.15) is 11.6 Å². The lowest BCUT2D eigenvalue weighted by atomic mass is 10.0. The van der Waals surface area contributed by atoms with Crippen molar-refractivity contribution in [2.75, 3.05) is 30.8 Å². The molecule has 0 aliphatic carbocycles. The number of ether oxygens (including phenoxy) is 1. The Bertz CT molecular complexity index is 499. The average Bonchev–Trinajstić information content (AvgIpc) is 2.39. The third kappa shape index (κ3) is 3.12. The van der Waals surface area contributed by atoms with Crippen molar-refractivity contribution in [1.29, 1.82) is 0 Å². The lowest BCUT2D eigenvalue weighted by Gasteiger charge is -2.34. The number of amides is 1. The van der Waals surface area contributed by atoms with Gasteiger partial charge in [0.15, 0.2) is 0 Å². The fraction of sp³-hybridized carbons (Fsp3) is 0.500. The highest BCUT2D eigenvalue weighted by molar-refractivity contribution is 5.73. The largest absolute Gasteiger partial charge is 0.495 e. The summed E-state index contributed by atoms with van der Waals surface area (Å²) in [6.45, 7) is 2.89. The summed E-state index contributed by atoms with van der Waals surface area (Å²) < 4.78 is 19.1. The summed E-state index contributed by atoms with van der Waals surface area (Å²) in [5.74, 6) is 0.107. The van der Waals surface area contributed by atoms with Crippen molar-refractivity contribution in [3.8, 4) is 5.75 Å². The summed E-state index contributed by atoms with van der Waals surface area (Å²) in [5, 5.41) is 2.90. The first-order chi connectivity index (χ1) is 9.51. The van der Waals surface area contributed by atoms with Crippen molar-refractivity contribution >= 4 is 17.3 Å². The number of methoxy groups -OCH3 is 1. The molecule has 0 atom stereocenters. The molecular formula is C14H20FN3O2. The van der Waals surface area contributed by atoms with E-state index in [4.69, 9.17) is 10.5 Å². The Morgan fingerprint density at radius 3 is 2.65 bits per heavy atom. The Labute approximate surface area is 117 Å². The summed E-state index contributed by atoms with van der Waals surface area (Å²) in [6, 6.07) is 3.08. The van der Waals surface area contributed by atoms with E-state index < -0.39 is 0 Å². The number of benzene rings is 1. The van der Waals surface area contributed by atoms with Crippen LogP contribution in [0.25, 0.3) is 0 Å². The molecule has 1 amide bonds. The van der Waals surface area contributed by atoms with Gasteiger partial charge in [-0.05, 0) is 12.8 Å². The molecule has 0 bridgehead atoms. The Hall–Kier alpha value is -1.98. The first-order valence-corrected chi connectivity index (χ1v) is 6.66. The smallest absolute Gasteiger partial charge is 0.217 e. The number of hydrogen-bond donors (Lipinski definition) is 2. The number of nitrogen functional groups attached to an aromatic ring is 1. The maximum absolute atomic E-state index is 14.0. The minimum Gasteiger partial charge on any atom is -0.495 e. The van der Waals surface area contributed by atoms with E-state index in [2.05, 4.69) is 5.32 Å². The molecule has 0 saturated carbocycles. The van der Waals surface area contributed by atoms with Crippen molar-refractivity contribution in [2.45, 2.75) is 25.8 Å². The molecule has 1 aliphatic rings. The number of halogens is 1. The van der Waals surface area contributed by atoms with Crippen LogP contribution in [-0.4, -0.2) is 32.1 Å². The number of nitrogens with zero attached hydrogens (tertiary/aromatic N) is 1. The second-order valence-electron chi connectivity index (χ2n) is 5.01. The minimum absolute atomic E-state index is 0.0243. The van der Waals surface area contributed by atoms with E-state index in [1.165, 1.54) is 20.1 Å². The van der Waals surface area contributed by atoms with E-state index in [1.807, 2.05) is 4.90 Å². The van der Waals surface area contributed by atoms with Gasteiger partial charge in [0.2, 0.25) is 5.91 Å². The molecule has 1 aromatic rings. The zero-order valence-electron chi connectivity index (χ0n) is 11.8. The van der Waals surface area contributed by atoms with Gasteiger partial charge in [0.05, 0.1) is 18.5 Å². The summed E-state index contributed by atoms with van der Waals surface area (Å²) >= 11 is 0. The molecule has 5 nitrogen and oxygen atoms in total. The lowest BCUT2D eigenvalue weighted by Crippen LogP contribution is -2.44. The van der Waals surface area contributed by atoms with Crippen molar-refractivity contribution in [2.24, 2.45) is 0 Å². The van der Waals surface area contributed by atoms with Gasteiger partial charge < -0.3 is 20.7 Å². The molecule has 0 spiro atoms. The van der Waals surface area contributed by atoms with Crippen LogP contribution in [0, 0.1) is 5.82 Å². The van der Waals surface area contributed by atoms with Gasteiger partial charge in [-0.1, -0.05) is 0 Å². The monoisotopic (exact) mass is 281 g/mol. The standard InChI is InChI=1S/C14H20FN3O2/c1-9(19)17-10-3-5-18(6-4-10)13-8-14(20-2)12(16)7-11(13)15/h7-8,10H,3-6,16H2,1-2H3,(H,17,19). The Balaban J connectivity index is 2.08. The highest BCUT2D eigenvalue weighted by Crippen LogP contribution is 2.32. The zero-order valence-corrected chi connectivity index (χ0v) is 11.8. The first kappa shape index (κ1) is 14.4. The zero-order chi connectivity index (χ0) is 14.7. The Morgan fingerprint density at radius 2 is 2.10 bits per heavy atom. The number of nitrogens with two attached hydrogens (primary N) is 1. The van der Waals surface area contributed by atoms with Crippen LogP contribution in [0.4, 0.5) is 15.8 Å². The quantitative estimate of drug-likeness (QED) is 0.824. The molecule has 20 heavy (non-hydrogen) atoms. The van der Waals surface area contributed by atoms with Crippen LogP contribution in [0.1, 0.15) is 19.8 Å². The number of carbonyl (C=O) groups is 1. The van der Waals surface area contributed by atoms with Crippen LogP contribution < -0.4 is 20.7 Å². The van der Waals surface area contributed by atoms with Crippen LogP contribution in [0.5, 0.6) is 5.75 Å². The molecule has 110 valence electrons. The predicted octanol–water partition coefficient (Wildman–Crippen LogP) is 1.52. The lowest BCUT2D eigenvalue weighted by molar-refractivity contribution is -0.119. The number of rotatable bonds is 3. The van der Waals surface area contributed by atoms with Crippen molar-refractivity contribution in [3.63, 3.8) is 0 Å². The van der Waals surface area contributed by atoms with Gasteiger partial charge >= 0.3 is 0 Å². The molecule has 2 rings (SSSR count). The van der Waals surface area contributed by atoms with Crippen LogP contribution in [-0.2, 0) is 4.79 Å². The van der Waals surface area contributed by atoms with Crippen LogP contribution in [0.3, 0.4) is 0 Å². The van der Waals surface area contributed by atoms with Crippen molar-refractivity contribution < 1.29 is 13.9 Å². The molecule has 1 aliphatic heterocycles. The summed E-state index contributed by atoms with van der Waals surface area (Å²) in [4.78, 5) is 13.0. The van der Waals surface area contributed by atoms with Gasteiger partial charge in [-0.3, -0.25) is 4.79 Å². The average molecular weight is 281 g/mol. The summed E-state index contributed by atoms with van der Waals surface area (Å²) in [6.07, 6.45) is 1.59. The van der Waals surface area contributed by atoms with Crippen LogP contribution >= 0.6 is 0 Å². The van der Waals surface area contributed by atoms with Gasteiger partial charge in [0, 0.05) is 38.2 Å². The fourth-order valence-electron chi connectivity index (χ4n) is 2.53. The number of carbonyl (C=O) groups excluding carboxylic acids is 1. The Kier molecular flexibility index (Phi) is 4.32.